The first-order valence-electron chi connectivity index (χ1n) is 6.54. The molecule has 0 aromatic carbocycles. The van der Waals surface area contributed by atoms with Crippen molar-refractivity contribution >= 4 is 12.0 Å². The van der Waals surface area contributed by atoms with Gasteiger partial charge in [-0.15, -0.1) is 0 Å². The maximum atomic E-state index is 12.0. The molecule has 6 heteroatoms. The lowest BCUT2D eigenvalue weighted by atomic mass is 10.2. The largest absolute Gasteiger partial charge is 0.480 e. The van der Waals surface area contributed by atoms with E-state index in [2.05, 4.69) is 5.32 Å². The highest BCUT2D eigenvalue weighted by Gasteiger charge is 2.36. The number of morpholine rings is 1. The zero-order valence-electron chi connectivity index (χ0n) is 10.6. The number of likely N-dealkylation sites (tertiary alicyclic amines) is 1. The Bertz CT molecular complexity index is 322. The highest BCUT2D eigenvalue weighted by Crippen LogP contribution is 2.26. The van der Waals surface area contributed by atoms with Crippen LogP contribution >= 0.6 is 0 Å². The number of urea groups is 1. The number of hydrogen-bond acceptors (Lipinski definition) is 3. The number of nitrogens with zero attached hydrogens (tertiary/aromatic N) is 1. The van der Waals surface area contributed by atoms with Crippen LogP contribution in [0.4, 0.5) is 4.79 Å². The molecule has 2 aliphatic rings. The first-order valence-corrected chi connectivity index (χ1v) is 6.54. The van der Waals surface area contributed by atoms with Gasteiger partial charge in [0.25, 0.3) is 0 Å². The van der Waals surface area contributed by atoms with Gasteiger partial charge in [0.15, 0.2) is 0 Å². The summed E-state index contributed by atoms with van der Waals surface area (Å²) in [4.78, 5) is 24.7. The first-order chi connectivity index (χ1) is 8.60. The third-order valence-corrected chi connectivity index (χ3v) is 3.50. The Kier molecular flexibility index (Phi) is 4.06. The second-order valence-electron chi connectivity index (χ2n) is 4.99. The number of carboxylic acid groups (broad SMARTS) is 1. The molecule has 2 amide bonds. The SMILES string of the molecule is CCC[C@H](NC(=O)N1CC2CCC(C1)O2)C(=O)O. The Morgan fingerprint density at radius 1 is 1.39 bits per heavy atom. The van der Waals surface area contributed by atoms with Crippen LogP contribution in [0.25, 0.3) is 0 Å². The molecule has 3 atom stereocenters. The normalized spacial score (nSPS) is 27.9. The van der Waals surface area contributed by atoms with E-state index >= 15 is 0 Å². The van der Waals surface area contributed by atoms with E-state index < -0.39 is 12.0 Å². The molecular formula is C12H20N2O4. The Hall–Kier alpha value is -1.30. The van der Waals surface area contributed by atoms with Crippen LogP contribution in [0.15, 0.2) is 0 Å². The number of carbonyl (C=O) groups excluding carboxylic acids is 1. The molecule has 2 rings (SSSR count). The summed E-state index contributed by atoms with van der Waals surface area (Å²) < 4.78 is 5.64. The quantitative estimate of drug-likeness (QED) is 0.780. The van der Waals surface area contributed by atoms with Gasteiger partial charge in [0.2, 0.25) is 0 Å². The van der Waals surface area contributed by atoms with Crippen LogP contribution in [0.1, 0.15) is 32.6 Å². The van der Waals surface area contributed by atoms with Gasteiger partial charge in [0, 0.05) is 13.1 Å². The van der Waals surface area contributed by atoms with E-state index in [0.29, 0.717) is 19.5 Å². The van der Waals surface area contributed by atoms with Gasteiger partial charge in [-0.2, -0.15) is 0 Å². The highest BCUT2D eigenvalue weighted by molar-refractivity contribution is 5.82. The van der Waals surface area contributed by atoms with E-state index in [1.54, 1.807) is 4.90 Å². The van der Waals surface area contributed by atoms with E-state index in [1.165, 1.54) is 0 Å². The van der Waals surface area contributed by atoms with Crippen LogP contribution in [-0.4, -0.2) is 53.3 Å². The number of carboxylic acids is 1. The minimum Gasteiger partial charge on any atom is -0.480 e. The van der Waals surface area contributed by atoms with Crippen LogP contribution in [0.5, 0.6) is 0 Å². The molecule has 2 fully saturated rings. The second-order valence-corrected chi connectivity index (χ2v) is 4.99. The van der Waals surface area contributed by atoms with Crippen molar-refractivity contribution in [3.63, 3.8) is 0 Å². The topological polar surface area (TPSA) is 78.9 Å². The van der Waals surface area contributed by atoms with E-state index in [0.717, 1.165) is 19.3 Å². The average molecular weight is 256 g/mol. The van der Waals surface area contributed by atoms with Crippen molar-refractivity contribution in [1.29, 1.82) is 0 Å². The molecule has 2 heterocycles. The van der Waals surface area contributed by atoms with Crippen molar-refractivity contribution in [2.24, 2.45) is 0 Å². The summed E-state index contributed by atoms with van der Waals surface area (Å²) in [6, 6.07) is -1.07. The summed E-state index contributed by atoms with van der Waals surface area (Å²) in [6.45, 7) is 3.04. The van der Waals surface area contributed by atoms with Gasteiger partial charge in [0.05, 0.1) is 12.2 Å². The molecule has 2 aliphatic heterocycles. The van der Waals surface area contributed by atoms with Gasteiger partial charge in [0.1, 0.15) is 6.04 Å². The van der Waals surface area contributed by atoms with Crippen molar-refractivity contribution in [3.05, 3.63) is 0 Å². The maximum absolute atomic E-state index is 12.0. The predicted molar refractivity (Wildman–Crippen MR) is 64.3 cm³/mol. The van der Waals surface area contributed by atoms with Crippen LogP contribution in [0, 0.1) is 0 Å². The number of carbonyl (C=O) groups is 2. The lowest BCUT2D eigenvalue weighted by molar-refractivity contribution is -0.139. The minimum absolute atomic E-state index is 0.129. The molecule has 0 spiro atoms. The minimum atomic E-state index is -0.971. The van der Waals surface area contributed by atoms with Crippen LogP contribution in [0.3, 0.4) is 0 Å². The molecule has 18 heavy (non-hydrogen) atoms. The van der Waals surface area contributed by atoms with E-state index in [1.807, 2.05) is 6.92 Å². The molecule has 2 unspecified atom stereocenters. The fourth-order valence-electron chi connectivity index (χ4n) is 2.57. The Morgan fingerprint density at radius 2 is 2.00 bits per heavy atom. The first kappa shape index (κ1) is 13.1. The summed E-state index contributed by atoms with van der Waals surface area (Å²) in [5.74, 6) is -0.971. The molecule has 0 aliphatic carbocycles. The summed E-state index contributed by atoms with van der Waals surface area (Å²) in [6.07, 6.45) is 3.43. The molecule has 2 N–H and O–H groups in total. The van der Waals surface area contributed by atoms with E-state index in [9.17, 15) is 9.59 Å². The van der Waals surface area contributed by atoms with Crippen LogP contribution < -0.4 is 5.32 Å². The van der Waals surface area contributed by atoms with E-state index in [-0.39, 0.29) is 18.2 Å². The summed E-state index contributed by atoms with van der Waals surface area (Å²) >= 11 is 0. The highest BCUT2D eigenvalue weighted by atomic mass is 16.5. The van der Waals surface area contributed by atoms with Crippen LogP contribution in [-0.2, 0) is 9.53 Å². The number of aliphatic carboxylic acids is 1. The number of fused-ring (bicyclic) bond motifs is 2. The molecule has 2 saturated heterocycles. The van der Waals surface area contributed by atoms with Gasteiger partial charge < -0.3 is 20.1 Å². The summed E-state index contributed by atoms with van der Waals surface area (Å²) in [5, 5.41) is 11.6. The lowest BCUT2D eigenvalue weighted by Crippen LogP contribution is -2.53. The predicted octanol–water partition coefficient (Wildman–Crippen LogP) is 0.812. The van der Waals surface area contributed by atoms with E-state index in [4.69, 9.17) is 9.84 Å². The third kappa shape index (κ3) is 2.93. The number of amides is 2. The zero-order chi connectivity index (χ0) is 13.1. The van der Waals surface area contributed by atoms with Gasteiger partial charge in [-0.1, -0.05) is 13.3 Å². The van der Waals surface area contributed by atoms with Gasteiger partial charge in [-0.25, -0.2) is 9.59 Å². The molecule has 0 saturated carbocycles. The molecule has 2 bridgehead atoms. The van der Waals surface area contributed by atoms with Gasteiger partial charge in [-0.3, -0.25) is 0 Å². The maximum Gasteiger partial charge on any atom is 0.326 e. The fourth-order valence-corrected chi connectivity index (χ4v) is 2.57. The monoisotopic (exact) mass is 256 g/mol. The lowest BCUT2D eigenvalue weighted by Gasteiger charge is -2.32. The van der Waals surface area contributed by atoms with Crippen molar-refractivity contribution in [1.82, 2.24) is 10.2 Å². The number of rotatable bonds is 4. The second kappa shape index (κ2) is 5.56. The Balaban J connectivity index is 1.88. The number of ether oxygens (including phenoxy) is 1. The zero-order valence-corrected chi connectivity index (χ0v) is 10.6. The van der Waals surface area contributed by atoms with Crippen molar-refractivity contribution in [2.45, 2.75) is 50.9 Å². The molecule has 0 aromatic heterocycles. The summed E-state index contributed by atoms with van der Waals surface area (Å²) in [5.41, 5.74) is 0. The van der Waals surface area contributed by atoms with Crippen molar-refractivity contribution in [3.8, 4) is 0 Å². The molecular weight excluding hydrogens is 236 g/mol. The molecule has 0 radical (unpaired) electrons. The van der Waals surface area contributed by atoms with Crippen molar-refractivity contribution < 1.29 is 19.4 Å². The Morgan fingerprint density at radius 3 is 2.50 bits per heavy atom. The van der Waals surface area contributed by atoms with Crippen LogP contribution in [0.2, 0.25) is 0 Å². The number of hydrogen-bond donors (Lipinski definition) is 2. The fraction of sp³-hybridized carbons (Fsp3) is 0.833. The summed E-state index contributed by atoms with van der Waals surface area (Å²) in [7, 11) is 0. The standard InChI is InChI=1S/C12H20N2O4/c1-2-3-10(11(15)16)13-12(17)14-6-8-4-5-9(7-14)18-8/h8-10H,2-7H2,1H3,(H,13,17)(H,15,16)/t8?,9?,10-/m0/s1. The molecule has 102 valence electrons. The molecule has 6 nitrogen and oxygen atoms in total. The van der Waals surface area contributed by atoms with Crippen molar-refractivity contribution in [2.75, 3.05) is 13.1 Å². The van der Waals surface area contributed by atoms with Gasteiger partial charge >= 0.3 is 12.0 Å². The average Bonchev–Trinajstić information content (AvgIpc) is 2.67. The smallest absolute Gasteiger partial charge is 0.326 e. The third-order valence-electron chi connectivity index (χ3n) is 3.50. The molecule has 0 aromatic rings. The number of nitrogens with one attached hydrogen (secondary N) is 1. The Labute approximate surface area is 106 Å². The van der Waals surface area contributed by atoms with Gasteiger partial charge in [-0.05, 0) is 19.3 Å².